The Morgan fingerprint density at radius 1 is 1.13 bits per heavy atom. The van der Waals surface area contributed by atoms with E-state index < -0.39 is 5.97 Å². The molecule has 1 aliphatic rings. The normalized spacial score (nSPS) is 12.2. The van der Waals surface area contributed by atoms with E-state index >= 15 is 0 Å². The highest BCUT2D eigenvalue weighted by atomic mass is 16.5. The first-order chi connectivity index (χ1) is 14.5. The molecule has 0 saturated carbocycles. The van der Waals surface area contributed by atoms with E-state index in [0.717, 1.165) is 33.4 Å². The Bertz CT molecular complexity index is 1130. The molecule has 0 N–H and O–H groups in total. The fourth-order valence-electron chi connectivity index (χ4n) is 4.07. The quantitative estimate of drug-likeness (QED) is 0.600. The number of rotatable bonds is 4. The SMILES string of the molecule is CC(=O)Oc1nc2c(c(C(c3cccc(C)c3)c3cccc(C)c3)c1C#N)CCO2. The Morgan fingerprint density at radius 3 is 2.30 bits per heavy atom. The standard InChI is InChI=1S/C25H22N2O3/c1-15-6-4-8-18(12-15)22(19-9-5-7-16(2)13-19)23-20-10-11-29-24(20)27-25(21(23)14-26)30-17(3)28/h4-9,12-13,22H,10-11H2,1-3H3. The number of benzene rings is 2. The predicted molar refractivity (Wildman–Crippen MR) is 113 cm³/mol. The lowest BCUT2D eigenvalue weighted by Crippen LogP contribution is -2.13. The van der Waals surface area contributed by atoms with Crippen LogP contribution in [0.15, 0.2) is 48.5 Å². The van der Waals surface area contributed by atoms with Gasteiger partial charge < -0.3 is 9.47 Å². The van der Waals surface area contributed by atoms with Crippen LogP contribution in [0.1, 0.15) is 51.8 Å². The molecule has 1 aromatic heterocycles. The van der Waals surface area contributed by atoms with Crippen molar-refractivity contribution in [1.82, 2.24) is 4.98 Å². The number of pyridine rings is 1. The average Bonchev–Trinajstić information content (AvgIpc) is 3.16. The van der Waals surface area contributed by atoms with E-state index in [9.17, 15) is 10.1 Å². The molecule has 4 rings (SSSR count). The van der Waals surface area contributed by atoms with Crippen LogP contribution in [0.4, 0.5) is 0 Å². The van der Waals surface area contributed by atoms with Crippen LogP contribution in [0.5, 0.6) is 11.8 Å². The number of aromatic nitrogens is 1. The van der Waals surface area contributed by atoms with Gasteiger partial charge in [0.1, 0.15) is 11.6 Å². The van der Waals surface area contributed by atoms with Crippen LogP contribution in [0.2, 0.25) is 0 Å². The summed E-state index contributed by atoms with van der Waals surface area (Å²) >= 11 is 0. The van der Waals surface area contributed by atoms with Crippen LogP contribution < -0.4 is 9.47 Å². The van der Waals surface area contributed by atoms with Crippen molar-refractivity contribution in [2.24, 2.45) is 0 Å². The molecule has 0 amide bonds. The van der Waals surface area contributed by atoms with Gasteiger partial charge in [-0.25, -0.2) is 0 Å². The van der Waals surface area contributed by atoms with Crippen molar-refractivity contribution in [2.45, 2.75) is 33.1 Å². The molecule has 1 aliphatic heterocycles. The molecule has 0 saturated heterocycles. The van der Waals surface area contributed by atoms with Crippen molar-refractivity contribution in [3.63, 3.8) is 0 Å². The summed E-state index contributed by atoms with van der Waals surface area (Å²) in [5, 5.41) is 10.1. The summed E-state index contributed by atoms with van der Waals surface area (Å²) < 4.78 is 11.0. The van der Waals surface area contributed by atoms with Crippen molar-refractivity contribution in [3.8, 4) is 17.8 Å². The van der Waals surface area contributed by atoms with Crippen molar-refractivity contribution in [3.05, 3.63) is 87.5 Å². The van der Waals surface area contributed by atoms with E-state index in [1.807, 2.05) is 38.1 Å². The van der Waals surface area contributed by atoms with Crippen molar-refractivity contribution < 1.29 is 14.3 Å². The summed E-state index contributed by atoms with van der Waals surface area (Å²) in [4.78, 5) is 16.0. The lowest BCUT2D eigenvalue weighted by molar-refractivity contribution is -0.132. The summed E-state index contributed by atoms with van der Waals surface area (Å²) in [5.74, 6) is -0.297. The molecule has 5 heteroatoms. The molecule has 5 nitrogen and oxygen atoms in total. The van der Waals surface area contributed by atoms with Crippen LogP contribution >= 0.6 is 0 Å². The Morgan fingerprint density at radius 2 is 1.77 bits per heavy atom. The fraction of sp³-hybridized carbons (Fsp3) is 0.240. The Balaban J connectivity index is 2.05. The van der Waals surface area contributed by atoms with E-state index in [1.165, 1.54) is 6.92 Å². The first kappa shape index (κ1) is 19.7. The lowest BCUT2D eigenvalue weighted by atomic mass is 9.80. The van der Waals surface area contributed by atoms with Gasteiger partial charge in [-0.15, -0.1) is 0 Å². The van der Waals surface area contributed by atoms with E-state index in [2.05, 4.69) is 35.3 Å². The molecular formula is C25H22N2O3. The van der Waals surface area contributed by atoms with E-state index in [-0.39, 0.29) is 17.4 Å². The average molecular weight is 398 g/mol. The highest BCUT2D eigenvalue weighted by molar-refractivity contribution is 5.71. The van der Waals surface area contributed by atoms with Crippen LogP contribution in [0.3, 0.4) is 0 Å². The first-order valence-corrected chi connectivity index (χ1v) is 9.89. The molecule has 0 bridgehead atoms. The van der Waals surface area contributed by atoms with E-state index in [0.29, 0.717) is 18.9 Å². The highest BCUT2D eigenvalue weighted by Crippen LogP contribution is 2.43. The monoisotopic (exact) mass is 398 g/mol. The molecule has 3 aromatic rings. The third kappa shape index (κ3) is 3.65. The Labute approximate surface area is 175 Å². The third-order valence-corrected chi connectivity index (χ3v) is 5.25. The maximum Gasteiger partial charge on any atom is 0.309 e. The molecule has 0 unspecified atom stereocenters. The van der Waals surface area contributed by atoms with Crippen LogP contribution in [0.25, 0.3) is 0 Å². The predicted octanol–water partition coefficient (Wildman–Crippen LogP) is 4.61. The van der Waals surface area contributed by atoms with E-state index in [4.69, 9.17) is 9.47 Å². The second-order valence-electron chi connectivity index (χ2n) is 7.55. The zero-order valence-corrected chi connectivity index (χ0v) is 17.2. The van der Waals surface area contributed by atoms with Gasteiger partial charge in [-0.05, 0) is 30.5 Å². The molecule has 0 aliphatic carbocycles. The largest absolute Gasteiger partial charge is 0.477 e. The Hall–Kier alpha value is -3.65. The summed E-state index contributed by atoms with van der Waals surface area (Å²) in [6.07, 6.45) is 0.654. The molecular weight excluding hydrogens is 376 g/mol. The fourth-order valence-corrected chi connectivity index (χ4v) is 4.07. The highest BCUT2D eigenvalue weighted by Gasteiger charge is 2.32. The number of aryl methyl sites for hydroxylation is 2. The van der Waals surface area contributed by atoms with Crippen molar-refractivity contribution in [2.75, 3.05) is 6.61 Å². The molecule has 30 heavy (non-hydrogen) atoms. The van der Waals surface area contributed by atoms with Crippen molar-refractivity contribution in [1.29, 1.82) is 5.26 Å². The van der Waals surface area contributed by atoms with Gasteiger partial charge >= 0.3 is 5.97 Å². The molecule has 150 valence electrons. The minimum Gasteiger partial charge on any atom is -0.477 e. The number of ether oxygens (including phenoxy) is 2. The van der Waals surface area contributed by atoms with Gasteiger partial charge in [-0.3, -0.25) is 4.79 Å². The second-order valence-corrected chi connectivity index (χ2v) is 7.55. The van der Waals surface area contributed by atoms with Crippen LogP contribution in [-0.2, 0) is 11.2 Å². The van der Waals surface area contributed by atoms with Gasteiger partial charge in [0, 0.05) is 24.8 Å². The Kier molecular flexibility index (Phi) is 5.24. The second kappa shape index (κ2) is 8.00. The summed E-state index contributed by atoms with van der Waals surface area (Å²) in [6.45, 7) is 5.88. The lowest BCUT2D eigenvalue weighted by Gasteiger charge is -2.23. The smallest absolute Gasteiger partial charge is 0.309 e. The summed E-state index contributed by atoms with van der Waals surface area (Å²) in [6, 6.07) is 18.8. The number of fused-ring (bicyclic) bond motifs is 1. The molecule has 2 heterocycles. The zero-order chi connectivity index (χ0) is 21.3. The van der Waals surface area contributed by atoms with Crippen LogP contribution in [-0.4, -0.2) is 17.6 Å². The molecule has 0 spiro atoms. The third-order valence-electron chi connectivity index (χ3n) is 5.25. The number of hydrogen-bond donors (Lipinski definition) is 0. The van der Waals surface area contributed by atoms with Crippen molar-refractivity contribution >= 4 is 5.97 Å². The van der Waals surface area contributed by atoms with Crippen LogP contribution in [0, 0.1) is 25.2 Å². The summed E-state index contributed by atoms with van der Waals surface area (Å²) in [7, 11) is 0. The molecule has 0 radical (unpaired) electrons. The van der Waals surface area contributed by atoms with Gasteiger partial charge in [0.05, 0.1) is 6.61 Å². The number of carbonyl (C=O) groups excluding carboxylic acids is 1. The maximum absolute atomic E-state index is 11.7. The van der Waals surface area contributed by atoms with Gasteiger partial charge in [0.25, 0.3) is 0 Å². The minimum absolute atomic E-state index is 0.00551. The number of nitrogens with zero attached hydrogens (tertiary/aromatic N) is 2. The summed E-state index contributed by atoms with van der Waals surface area (Å²) in [5.41, 5.74) is 6.36. The molecule has 0 fully saturated rings. The van der Waals surface area contributed by atoms with Gasteiger partial charge in [0.2, 0.25) is 11.8 Å². The first-order valence-electron chi connectivity index (χ1n) is 9.89. The minimum atomic E-state index is -0.523. The number of nitriles is 1. The number of hydrogen-bond acceptors (Lipinski definition) is 5. The maximum atomic E-state index is 11.7. The topological polar surface area (TPSA) is 72.2 Å². The number of carbonyl (C=O) groups is 1. The molecule has 2 aromatic carbocycles. The van der Waals surface area contributed by atoms with Gasteiger partial charge in [-0.2, -0.15) is 10.2 Å². The van der Waals surface area contributed by atoms with E-state index in [1.54, 1.807) is 0 Å². The molecule has 0 atom stereocenters. The number of esters is 1. The zero-order valence-electron chi connectivity index (χ0n) is 17.2. The van der Waals surface area contributed by atoms with Gasteiger partial charge in [0.15, 0.2) is 0 Å². The van der Waals surface area contributed by atoms with Gasteiger partial charge in [-0.1, -0.05) is 59.7 Å².